The Morgan fingerprint density at radius 1 is 1.05 bits per heavy atom. The Bertz CT molecular complexity index is 598. The summed E-state index contributed by atoms with van der Waals surface area (Å²) in [5, 5.41) is 0. The summed E-state index contributed by atoms with van der Waals surface area (Å²) in [7, 11) is 0. The zero-order valence-electron chi connectivity index (χ0n) is 10.5. The predicted molar refractivity (Wildman–Crippen MR) is 68.0 cm³/mol. The van der Waals surface area contributed by atoms with Gasteiger partial charge in [0.2, 0.25) is 0 Å². The van der Waals surface area contributed by atoms with E-state index in [-0.39, 0.29) is 5.56 Å². The van der Waals surface area contributed by atoms with Gasteiger partial charge in [-0.1, -0.05) is 31.2 Å². The van der Waals surface area contributed by atoms with E-state index in [2.05, 4.69) is 0 Å². The molecule has 0 bridgehead atoms. The van der Waals surface area contributed by atoms with Crippen LogP contribution in [-0.4, -0.2) is 0 Å². The van der Waals surface area contributed by atoms with Crippen LogP contribution < -0.4 is 5.73 Å². The first-order valence-corrected chi connectivity index (χ1v) is 5.98. The number of nitrogens with two attached hydrogens (primary N) is 1. The smallest absolute Gasteiger partial charge is 0.164 e. The first kappa shape index (κ1) is 13.6. The van der Waals surface area contributed by atoms with Crippen LogP contribution in [0.4, 0.5) is 13.2 Å². The van der Waals surface area contributed by atoms with Crippen LogP contribution in [-0.2, 0) is 5.54 Å². The molecular formula is C15H14F3N. The third-order valence-corrected chi connectivity index (χ3v) is 3.33. The maximum atomic E-state index is 13.9. The molecule has 1 unspecified atom stereocenters. The summed E-state index contributed by atoms with van der Waals surface area (Å²) < 4.78 is 40.6. The minimum absolute atomic E-state index is 0.0283. The molecule has 0 aliphatic heterocycles. The first-order valence-electron chi connectivity index (χ1n) is 5.98. The molecule has 2 rings (SSSR count). The number of benzene rings is 2. The van der Waals surface area contributed by atoms with Gasteiger partial charge in [0.25, 0.3) is 0 Å². The average molecular weight is 265 g/mol. The predicted octanol–water partition coefficient (Wildman–Crippen LogP) is 3.72. The molecule has 0 saturated heterocycles. The van der Waals surface area contributed by atoms with Crippen molar-refractivity contribution in [2.24, 2.45) is 5.73 Å². The van der Waals surface area contributed by atoms with E-state index in [1.807, 2.05) is 0 Å². The lowest BCUT2D eigenvalue weighted by molar-refractivity contribution is 0.442. The molecule has 0 aliphatic carbocycles. The summed E-state index contributed by atoms with van der Waals surface area (Å²) in [5.74, 6) is -2.41. The largest absolute Gasteiger partial charge is 0.318 e. The van der Waals surface area contributed by atoms with E-state index in [1.165, 1.54) is 30.3 Å². The quantitative estimate of drug-likeness (QED) is 0.899. The lowest BCUT2D eigenvalue weighted by Crippen LogP contribution is -2.38. The summed E-state index contributed by atoms with van der Waals surface area (Å²) in [4.78, 5) is 0. The molecule has 4 heteroatoms. The molecule has 0 aromatic heterocycles. The molecule has 19 heavy (non-hydrogen) atoms. The van der Waals surface area contributed by atoms with Crippen molar-refractivity contribution in [3.63, 3.8) is 0 Å². The lowest BCUT2D eigenvalue weighted by Gasteiger charge is -2.30. The highest BCUT2D eigenvalue weighted by Gasteiger charge is 2.31. The van der Waals surface area contributed by atoms with Crippen molar-refractivity contribution in [2.45, 2.75) is 18.9 Å². The van der Waals surface area contributed by atoms with Gasteiger partial charge in [-0.05, 0) is 30.2 Å². The van der Waals surface area contributed by atoms with Crippen LogP contribution in [0.5, 0.6) is 0 Å². The van der Waals surface area contributed by atoms with Crippen LogP contribution in [0.1, 0.15) is 24.5 Å². The van der Waals surface area contributed by atoms with E-state index in [1.54, 1.807) is 13.0 Å². The zero-order valence-corrected chi connectivity index (χ0v) is 10.5. The minimum Gasteiger partial charge on any atom is -0.318 e. The fourth-order valence-corrected chi connectivity index (χ4v) is 2.16. The molecule has 2 aromatic carbocycles. The van der Waals surface area contributed by atoms with E-state index in [0.717, 1.165) is 6.07 Å². The van der Waals surface area contributed by atoms with Crippen LogP contribution in [0.15, 0.2) is 42.5 Å². The topological polar surface area (TPSA) is 26.0 Å². The van der Waals surface area contributed by atoms with Crippen molar-refractivity contribution in [1.82, 2.24) is 0 Å². The molecule has 0 spiro atoms. The van der Waals surface area contributed by atoms with Crippen LogP contribution in [0, 0.1) is 17.5 Å². The second kappa shape index (κ2) is 5.05. The Morgan fingerprint density at radius 3 is 2.37 bits per heavy atom. The van der Waals surface area contributed by atoms with Crippen LogP contribution in [0.3, 0.4) is 0 Å². The summed E-state index contributed by atoms with van der Waals surface area (Å²) in [5.41, 5.74) is 5.39. The minimum atomic E-state index is -1.26. The molecule has 100 valence electrons. The van der Waals surface area contributed by atoms with Crippen molar-refractivity contribution in [3.05, 3.63) is 71.0 Å². The van der Waals surface area contributed by atoms with Gasteiger partial charge in [0.15, 0.2) is 11.6 Å². The lowest BCUT2D eigenvalue weighted by atomic mass is 9.81. The second-order valence-corrected chi connectivity index (χ2v) is 4.44. The SMILES string of the molecule is CCC(N)(c1cccc(F)c1)c1cccc(F)c1F. The van der Waals surface area contributed by atoms with Gasteiger partial charge in [-0.15, -0.1) is 0 Å². The molecule has 2 aromatic rings. The molecular weight excluding hydrogens is 251 g/mol. The van der Waals surface area contributed by atoms with E-state index in [4.69, 9.17) is 5.73 Å². The average Bonchev–Trinajstić information content (AvgIpc) is 2.41. The fourth-order valence-electron chi connectivity index (χ4n) is 2.16. The van der Waals surface area contributed by atoms with Crippen LogP contribution in [0.2, 0.25) is 0 Å². The van der Waals surface area contributed by atoms with Gasteiger partial charge in [-0.3, -0.25) is 0 Å². The van der Waals surface area contributed by atoms with Gasteiger partial charge in [0, 0.05) is 5.56 Å². The number of halogens is 3. The summed E-state index contributed by atoms with van der Waals surface area (Å²) in [6.07, 6.45) is 0.316. The van der Waals surface area contributed by atoms with E-state index >= 15 is 0 Å². The highest BCUT2D eigenvalue weighted by Crippen LogP contribution is 2.33. The first-order chi connectivity index (χ1) is 8.99. The molecule has 0 heterocycles. The number of rotatable bonds is 3. The molecule has 1 atom stereocenters. The molecule has 0 radical (unpaired) electrons. The highest BCUT2D eigenvalue weighted by atomic mass is 19.2. The summed E-state index contributed by atoms with van der Waals surface area (Å²) >= 11 is 0. The van der Waals surface area contributed by atoms with Crippen molar-refractivity contribution >= 4 is 0 Å². The van der Waals surface area contributed by atoms with Gasteiger partial charge in [0.1, 0.15) is 5.82 Å². The van der Waals surface area contributed by atoms with Crippen molar-refractivity contribution < 1.29 is 13.2 Å². The van der Waals surface area contributed by atoms with Crippen molar-refractivity contribution in [1.29, 1.82) is 0 Å². The molecule has 0 amide bonds. The standard InChI is InChI=1S/C15H14F3N/c1-2-15(19,10-5-3-6-11(16)9-10)12-7-4-8-13(17)14(12)18/h3-9H,2,19H2,1H3. The molecule has 0 saturated carbocycles. The van der Waals surface area contributed by atoms with E-state index < -0.39 is 23.0 Å². The Hall–Kier alpha value is -1.81. The molecule has 0 fully saturated rings. The van der Waals surface area contributed by atoms with Crippen molar-refractivity contribution in [3.8, 4) is 0 Å². The second-order valence-electron chi connectivity index (χ2n) is 4.44. The fraction of sp³-hybridized carbons (Fsp3) is 0.200. The van der Waals surface area contributed by atoms with Gasteiger partial charge in [-0.25, -0.2) is 13.2 Å². The van der Waals surface area contributed by atoms with E-state index in [0.29, 0.717) is 12.0 Å². The molecule has 2 N–H and O–H groups in total. The van der Waals surface area contributed by atoms with Gasteiger partial charge < -0.3 is 5.73 Å². The normalized spacial score (nSPS) is 14.2. The Kier molecular flexibility index (Phi) is 3.62. The monoisotopic (exact) mass is 265 g/mol. The maximum Gasteiger partial charge on any atom is 0.164 e. The zero-order chi connectivity index (χ0) is 14.0. The third kappa shape index (κ3) is 2.36. The maximum absolute atomic E-state index is 13.9. The summed E-state index contributed by atoms with van der Waals surface area (Å²) in [6.45, 7) is 1.75. The van der Waals surface area contributed by atoms with Crippen LogP contribution >= 0.6 is 0 Å². The Balaban J connectivity index is 2.63. The third-order valence-electron chi connectivity index (χ3n) is 3.33. The van der Waals surface area contributed by atoms with Gasteiger partial charge >= 0.3 is 0 Å². The molecule has 0 aliphatic rings. The van der Waals surface area contributed by atoms with Gasteiger partial charge in [0.05, 0.1) is 5.54 Å². The Labute approximate surface area is 109 Å². The molecule has 1 nitrogen and oxygen atoms in total. The summed E-state index contributed by atoms with van der Waals surface area (Å²) in [6, 6.07) is 9.48. The van der Waals surface area contributed by atoms with Crippen LogP contribution in [0.25, 0.3) is 0 Å². The highest BCUT2D eigenvalue weighted by molar-refractivity contribution is 5.39. The van der Waals surface area contributed by atoms with Crippen molar-refractivity contribution in [2.75, 3.05) is 0 Å². The number of hydrogen-bond acceptors (Lipinski definition) is 1. The number of hydrogen-bond donors (Lipinski definition) is 1. The van der Waals surface area contributed by atoms with E-state index in [9.17, 15) is 13.2 Å². The van der Waals surface area contributed by atoms with Gasteiger partial charge in [-0.2, -0.15) is 0 Å². The Morgan fingerprint density at radius 2 is 1.74 bits per heavy atom.